The molecule has 4 atom stereocenters. The van der Waals surface area contributed by atoms with E-state index in [1.165, 1.54) is 0 Å². The van der Waals surface area contributed by atoms with Crippen molar-refractivity contribution in [2.45, 2.75) is 50.9 Å². The van der Waals surface area contributed by atoms with Crippen molar-refractivity contribution in [1.82, 2.24) is 20.9 Å². The molecule has 2 rings (SSSR count). The van der Waals surface area contributed by atoms with Crippen molar-refractivity contribution in [1.29, 1.82) is 0 Å². The maximum Gasteiger partial charge on any atom is 0.328 e. The van der Waals surface area contributed by atoms with E-state index in [0.29, 0.717) is 0 Å². The van der Waals surface area contributed by atoms with Gasteiger partial charge in [-0.05, 0) is 24.0 Å². The first-order chi connectivity index (χ1) is 16.6. The fourth-order valence-corrected chi connectivity index (χ4v) is 3.52. The molecule has 35 heavy (non-hydrogen) atoms. The first-order valence-electron chi connectivity index (χ1n) is 11.2. The van der Waals surface area contributed by atoms with Crippen LogP contribution in [0.3, 0.4) is 0 Å². The molecule has 0 aliphatic carbocycles. The summed E-state index contributed by atoms with van der Waals surface area (Å²) in [6.45, 7) is 2.20. The molecule has 12 nitrogen and oxygen atoms in total. The number of carbonyl (C=O) groups excluding carboxylic acids is 3. The molecule has 0 fully saturated rings. The van der Waals surface area contributed by atoms with Crippen LogP contribution in [-0.2, 0) is 25.6 Å². The molecule has 1 aromatic carbocycles. The lowest BCUT2D eigenvalue weighted by molar-refractivity contribution is -0.143. The van der Waals surface area contributed by atoms with Crippen LogP contribution in [0.1, 0.15) is 25.8 Å². The molecule has 0 saturated carbocycles. The summed E-state index contributed by atoms with van der Waals surface area (Å²) in [7, 11) is 0. The maximum absolute atomic E-state index is 13.3. The Kier molecular flexibility index (Phi) is 10.2. The van der Waals surface area contributed by atoms with Crippen LogP contribution < -0.4 is 21.7 Å². The molecule has 0 saturated heterocycles. The predicted molar refractivity (Wildman–Crippen MR) is 127 cm³/mol. The first kappa shape index (κ1) is 27.8. The number of aromatic nitrogens is 1. The number of hydrogen-bond acceptors (Lipinski definition) is 7. The maximum atomic E-state index is 13.3. The average Bonchev–Trinajstić information content (AvgIpc) is 3.23. The van der Waals surface area contributed by atoms with Gasteiger partial charge in [0.25, 0.3) is 0 Å². The van der Waals surface area contributed by atoms with E-state index in [2.05, 4.69) is 20.9 Å². The van der Waals surface area contributed by atoms with Crippen LogP contribution in [0.2, 0.25) is 0 Å². The lowest BCUT2D eigenvalue weighted by Crippen LogP contribution is -2.58. The predicted octanol–water partition coefficient (Wildman–Crippen LogP) is -1.39. The molecule has 0 aliphatic rings. The highest BCUT2D eigenvalue weighted by Gasteiger charge is 2.31. The molecule has 3 amide bonds. The summed E-state index contributed by atoms with van der Waals surface area (Å²) >= 11 is 0. The van der Waals surface area contributed by atoms with Gasteiger partial charge in [0.2, 0.25) is 17.7 Å². The number of para-hydroxylation sites is 1. The summed E-state index contributed by atoms with van der Waals surface area (Å²) in [5, 5.41) is 35.7. The number of carboxylic acids is 1. The van der Waals surface area contributed by atoms with Crippen LogP contribution in [0.4, 0.5) is 0 Å². The third kappa shape index (κ3) is 7.77. The lowest BCUT2D eigenvalue weighted by atomic mass is 10.0. The number of nitrogens with one attached hydrogen (secondary N) is 4. The summed E-state index contributed by atoms with van der Waals surface area (Å²) in [4.78, 5) is 52.7. The second-order valence-corrected chi connectivity index (χ2v) is 8.69. The van der Waals surface area contributed by atoms with Gasteiger partial charge < -0.3 is 42.0 Å². The summed E-state index contributed by atoms with van der Waals surface area (Å²) < 4.78 is 0. The number of aliphatic carboxylic acids is 1. The Balaban J connectivity index is 2.28. The van der Waals surface area contributed by atoms with Crippen molar-refractivity contribution in [2.75, 3.05) is 13.2 Å². The zero-order valence-corrected chi connectivity index (χ0v) is 19.7. The molecule has 0 aliphatic heterocycles. The van der Waals surface area contributed by atoms with Crippen LogP contribution in [0.15, 0.2) is 30.5 Å². The summed E-state index contributed by atoms with van der Waals surface area (Å²) in [5.41, 5.74) is 7.16. The molecule has 12 heteroatoms. The van der Waals surface area contributed by atoms with Crippen LogP contribution in [0, 0.1) is 5.92 Å². The SMILES string of the molecule is CC(C)CC(NC(=O)C(Cc1c[nH]c2ccccc12)NC(=O)C(N)CO)C(=O)NC(CO)C(=O)O. The minimum atomic E-state index is -1.53. The number of H-pyrrole nitrogens is 1. The van der Waals surface area contributed by atoms with E-state index in [4.69, 9.17) is 10.8 Å². The molecule has 0 spiro atoms. The number of aromatic amines is 1. The van der Waals surface area contributed by atoms with E-state index in [-0.39, 0.29) is 18.8 Å². The van der Waals surface area contributed by atoms with Gasteiger partial charge in [-0.1, -0.05) is 32.0 Å². The monoisotopic (exact) mass is 491 g/mol. The summed E-state index contributed by atoms with van der Waals surface area (Å²) in [5.74, 6) is -3.68. The normalized spacial score (nSPS) is 14.7. The fourth-order valence-electron chi connectivity index (χ4n) is 3.52. The van der Waals surface area contributed by atoms with Gasteiger partial charge in [-0.2, -0.15) is 0 Å². The number of rotatable bonds is 13. The zero-order valence-electron chi connectivity index (χ0n) is 19.7. The molecule has 2 aromatic rings. The molecule has 9 N–H and O–H groups in total. The van der Waals surface area contributed by atoms with E-state index in [0.717, 1.165) is 16.5 Å². The van der Waals surface area contributed by atoms with Gasteiger partial charge in [-0.3, -0.25) is 14.4 Å². The second-order valence-electron chi connectivity index (χ2n) is 8.69. The largest absolute Gasteiger partial charge is 0.480 e. The number of hydrogen-bond donors (Lipinski definition) is 8. The van der Waals surface area contributed by atoms with E-state index in [1.807, 2.05) is 38.1 Å². The smallest absolute Gasteiger partial charge is 0.328 e. The van der Waals surface area contributed by atoms with E-state index in [1.54, 1.807) is 6.20 Å². The fraction of sp³-hybridized carbons (Fsp3) is 0.478. The average molecular weight is 492 g/mol. The zero-order chi connectivity index (χ0) is 26.1. The Morgan fingerprint density at radius 3 is 2.11 bits per heavy atom. The Morgan fingerprint density at radius 1 is 0.914 bits per heavy atom. The number of aliphatic hydroxyl groups excluding tert-OH is 2. The number of aliphatic hydroxyl groups is 2. The minimum Gasteiger partial charge on any atom is -0.480 e. The molecular weight excluding hydrogens is 458 g/mol. The van der Waals surface area contributed by atoms with E-state index >= 15 is 0 Å². The molecule has 0 bridgehead atoms. The Bertz CT molecular complexity index is 1040. The van der Waals surface area contributed by atoms with Crippen molar-refractivity contribution in [2.24, 2.45) is 11.7 Å². The van der Waals surface area contributed by atoms with Crippen LogP contribution in [0.25, 0.3) is 10.9 Å². The standard InChI is InChI=1S/C23H33N5O7/c1-12(2)7-17(21(32)28-19(11-30)23(34)35)27-22(33)18(26-20(31)15(24)10-29)8-13-9-25-16-6-4-3-5-14(13)16/h3-6,9,12,15,17-19,25,29-30H,7-8,10-11,24H2,1-2H3,(H,26,31)(H,27,33)(H,28,32)(H,34,35). The van der Waals surface area contributed by atoms with Crippen molar-refractivity contribution < 1.29 is 34.5 Å². The number of amides is 3. The highest BCUT2D eigenvalue weighted by molar-refractivity contribution is 5.95. The molecular formula is C23H33N5O7. The summed E-state index contributed by atoms with van der Waals surface area (Å²) in [6.07, 6.45) is 1.95. The van der Waals surface area contributed by atoms with Crippen LogP contribution >= 0.6 is 0 Å². The quantitative estimate of drug-likeness (QED) is 0.167. The summed E-state index contributed by atoms with van der Waals surface area (Å²) in [6, 6.07) is 2.35. The van der Waals surface area contributed by atoms with Gasteiger partial charge in [-0.15, -0.1) is 0 Å². The van der Waals surface area contributed by atoms with Gasteiger partial charge in [0.15, 0.2) is 0 Å². The van der Waals surface area contributed by atoms with Crippen molar-refractivity contribution in [3.05, 3.63) is 36.0 Å². The molecule has 1 heterocycles. The van der Waals surface area contributed by atoms with Crippen molar-refractivity contribution >= 4 is 34.6 Å². The number of carboxylic acid groups (broad SMARTS) is 1. The number of carbonyl (C=O) groups is 4. The highest BCUT2D eigenvalue weighted by atomic mass is 16.4. The number of fused-ring (bicyclic) bond motifs is 1. The lowest BCUT2D eigenvalue weighted by Gasteiger charge is -2.25. The van der Waals surface area contributed by atoms with E-state index in [9.17, 15) is 29.4 Å². The van der Waals surface area contributed by atoms with E-state index < -0.39 is 61.1 Å². The number of nitrogens with two attached hydrogens (primary N) is 1. The topological polar surface area (TPSA) is 207 Å². The number of benzene rings is 1. The highest BCUT2D eigenvalue weighted by Crippen LogP contribution is 2.19. The minimum absolute atomic E-state index is 0.0482. The van der Waals surface area contributed by atoms with Crippen LogP contribution in [0.5, 0.6) is 0 Å². The van der Waals surface area contributed by atoms with Gasteiger partial charge >= 0.3 is 5.97 Å². The van der Waals surface area contributed by atoms with Crippen molar-refractivity contribution in [3.63, 3.8) is 0 Å². The third-order valence-electron chi connectivity index (χ3n) is 5.40. The Morgan fingerprint density at radius 2 is 1.51 bits per heavy atom. The van der Waals surface area contributed by atoms with Crippen molar-refractivity contribution in [3.8, 4) is 0 Å². The Hall–Kier alpha value is -3.48. The molecule has 1 aromatic heterocycles. The third-order valence-corrected chi connectivity index (χ3v) is 5.40. The van der Waals surface area contributed by atoms with Gasteiger partial charge in [0.05, 0.1) is 13.2 Å². The molecule has 0 radical (unpaired) electrons. The molecule has 4 unspecified atom stereocenters. The molecule has 192 valence electrons. The second kappa shape index (κ2) is 12.8. The van der Waals surface area contributed by atoms with Gasteiger partial charge in [0.1, 0.15) is 24.2 Å². The van der Waals surface area contributed by atoms with Gasteiger partial charge in [-0.25, -0.2) is 4.79 Å². The first-order valence-corrected chi connectivity index (χ1v) is 11.2. The Labute approximate surface area is 202 Å². The van der Waals surface area contributed by atoms with Crippen LogP contribution in [-0.4, -0.2) is 81.4 Å². The van der Waals surface area contributed by atoms with Gasteiger partial charge in [0, 0.05) is 23.5 Å².